The van der Waals surface area contributed by atoms with Crippen molar-refractivity contribution >= 4 is 14.0 Å². The molecule has 0 aliphatic rings. The van der Waals surface area contributed by atoms with Gasteiger partial charge in [0, 0.05) is 6.20 Å². The molecule has 5 N–H and O–H groups in total. The summed E-state index contributed by atoms with van der Waals surface area (Å²) < 4.78 is 10.9. The van der Waals surface area contributed by atoms with Crippen LogP contribution in [0.2, 0.25) is 0 Å². The number of aliphatic hydroxyl groups is 2. The highest BCUT2D eigenvalue weighted by molar-refractivity contribution is 7.36. The number of aromatic nitrogens is 1. The van der Waals surface area contributed by atoms with Crippen molar-refractivity contribution in [2.45, 2.75) is 32.0 Å². The highest BCUT2D eigenvalue weighted by atomic mass is 31.1. The van der Waals surface area contributed by atoms with E-state index in [1.165, 1.54) is 13.8 Å². The largest absolute Gasteiger partial charge is 0.593 e. The van der Waals surface area contributed by atoms with Gasteiger partial charge in [-0.3, -0.25) is 15.1 Å². The lowest BCUT2D eigenvalue weighted by Gasteiger charge is -2.21. The molecule has 0 amide bonds. The van der Waals surface area contributed by atoms with E-state index >= 15 is 0 Å². The number of nitrogens with zero attached hydrogens (tertiary/aromatic N) is 1. The topological polar surface area (TPSA) is 163 Å². The van der Waals surface area contributed by atoms with E-state index in [2.05, 4.69) is 10.3 Å². The molecule has 1 aromatic heterocycles. The summed E-state index contributed by atoms with van der Waals surface area (Å²) >= 11 is 0. The zero-order chi connectivity index (χ0) is 16.3. The molecule has 1 heterocycles. The minimum absolute atomic E-state index is 0.0888. The molecule has 0 saturated carbocycles. The number of aliphatic hydroxyl groups excluding tert-OH is 2. The Bertz CT molecular complexity index is 566. The minimum Gasteiger partial charge on any atom is -0.593 e. The molecule has 1 aromatic rings. The summed E-state index contributed by atoms with van der Waals surface area (Å²) in [4.78, 5) is 25.3. The van der Waals surface area contributed by atoms with Crippen LogP contribution >= 0.6 is 8.03 Å². The van der Waals surface area contributed by atoms with Crippen molar-refractivity contribution in [3.05, 3.63) is 23.0 Å². The molecule has 0 bridgehead atoms. The zero-order valence-corrected chi connectivity index (χ0v) is 12.1. The molecule has 0 radical (unpaired) electrons. The van der Waals surface area contributed by atoms with E-state index in [0.717, 1.165) is 6.20 Å². The Morgan fingerprint density at radius 2 is 2.05 bits per heavy atom. The molecular formula is C11H15N2O7P. The average Bonchev–Trinajstić information content (AvgIpc) is 2.40. The Balaban J connectivity index is 3.28. The molecular weight excluding hydrogens is 303 g/mol. The second kappa shape index (κ2) is 6.88. The molecule has 1 rings (SSSR count). The summed E-state index contributed by atoms with van der Waals surface area (Å²) in [7, 11) is -3.28. The third-order valence-corrected chi connectivity index (χ3v) is 3.51. The summed E-state index contributed by atoms with van der Waals surface area (Å²) in [6.07, 6.45) is -0.700. The van der Waals surface area contributed by atoms with Gasteiger partial charge >= 0.3 is 14.0 Å². The Morgan fingerprint density at radius 3 is 2.52 bits per heavy atom. The summed E-state index contributed by atoms with van der Waals surface area (Å²) in [6, 6.07) is -1.17. The molecule has 21 heavy (non-hydrogen) atoms. The molecule has 0 aliphatic carbocycles. The van der Waals surface area contributed by atoms with Gasteiger partial charge in [-0.05, 0) is 13.8 Å². The molecule has 3 unspecified atom stereocenters. The lowest BCUT2D eigenvalue weighted by molar-refractivity contribution is -0.172. The van der Waals surface area contributed by atoms with Gasteiger partial charge in [0.15, 0.2) is 0 Å². The molecule has 0 aromatic carbocycles. The average molecular weight is 318 g/mol. The number of hydrogen-bond acceptors (Lipinski definition) is 8. The van der Waals surface area contributed by atoms with Crippen molar-refractivity contribution in [3.8, 4) is 5.75 Å². The molecule has 0 saturated heterocycles. The van der Waals surface area contributed by atoms with Crippen LogP contribution in [0.3, 0.4) is 0 Å². The quantitative estimate of drug-likeness (QED) is 0.335. The maximum atomic E-state index is 10.9. The van der Waals surface area contributed by atoms with Crippen molar-refractivity contribution in [2.75, 3.05) is 0 Å². The standard InChI is InChI=1S/C11H15N2O7P/c1-4-8(14)7(9(15)13-5(2)10(16)17)6(3-12-4)11(18)21(19)20/h3,5,9,11,13-15,18H,1-2H3,(H,16,17)/t5-,9?,11?/m0/s1. The molecule has 10 heteroatoms. The molecule has 0 aliphatic heterocycles. The number of rotatable bonds is 6. The number of hydrogen-bond donors (Lipinski definition) is 5. The molecule has 4 atom stereocenters. The van der Waals surface area contributed by atoms with E-state index in [9.17, 15) is 29.6 Å². The van der Waals surface area contributed by atoms with E-state index in [-0.39, 0.29) is 16.8 Å². The second-order valence-corrected chi connectivity index (χ2v) is 5.41. The Morgan fingerprint density at radius 1 is 1.48 bits per heavy atom. The smallest absolute Gasteiger partial charge is 0.346 e. The van der Waals surface area contributed by atoms with Gasteiger partial charge in [0.05, 0.1) is 16.8 Å². The maximum absolute atomic E-state index is 10.9. The number of carboxylic acids is 1. The van der Waals surface area contributed by atoms with Crippen LogP contribution in [0.4, 0.5) is 0 Å². The zero-order valence-electron chi connectivity index (χ0n) is 11.2. The number of carboxylic acid groups (broad SMARTS) is 1. The van der Waals surface area contributed by atoms with Crippen molar-refractivity contribution in [1.29, 1.82) is 0 Å². The molecule has 116 valence electrons. The molecule has 0 spiro atoms. The Kier molecular flexibility index (Phi) is 5.70. The van der Waals surface area contributed by atoms with Crippen LogP contribution in [0.15, 0.2) is 6.20 Å². The number of aromatic hydroxyl groups is 1. The van der Waals surface area contributed by atoms with E-state index in [0.29, 0.717) is 0 Å². The first-order valence-corrected chi connectivity index (χ1v) is 7.08. The van der Waals surface area contributed by atoms with Crippen LogP contribution in [0.1, 0.15) is 35.8 Å². The predicted octanol–water partition coefficient (Wildman–Crippen LogP) is -0.757. The first kappa shape index (κ1) is 17.4. The van der Waals surface area contributed by atoms with Gasteiger partial charge in [0.25, 0.3) is 5.85 Å². The van der Waals surface area contributed by atoms with E-state index in [1.54, 1.807) is 0 Å². The number of carbonyl (C=O) groups is 1. The van der Waals surface area contributed by atoms with Gasteiger partial charge < -0.3 is 25.3 Å². The number of pyridine rings is 1. The van der Waals surface area contributed by atoms with Crippen LogP contribution in [-0.2, 0) is 9.36 Å². The van der Waals surface area contributed by atoms with E-state index in [1.807, 2.05) is 0 Å². The fourth-order valence-corrected chi connectivity index (χ4v) is 2.06. The Hall–Kier alpha value is -1.64. The summed E-state index contributed by atoms with van der Waals surface area (Å²) in [5, 5.41) is 40.5. The van der Waals surface area contributed by atoms with E-state index in [4.69, 9.17) is 5.11 Å². The third kappa shape index (κ3) is 3.93. The first-order chi connectivity index (χ1) is 9.66. The highest BCUT2D eigenvalue weighted by Gasteiger charge is 2.31. The predicted molar refractivity (Wildman–Crippen MR) is 68.4 cm³/mol. The minimum atomic E-state index is -3.28. The second-order valence-electron chi connectivity index (χ2n) is 4.35. The highest BCUT2D eigenvalue weighted by Crippen LogP contribution is 2.39. The SMILES string of the molecule is Cc1ncc(C(O)[P+](=O)[O-])c(C(O)N[C@@H](C)C(=O)O)c1O. The van der Waals surface area contributed by atoms with Crippen molar-refractivity contribution in [3.63, 3.8) is 0 Å². The molecule has 0 fully saturated rings. The monoisotopic (exact) mass is 318 g/mol. The third-order valence-electron chi connectivity index (χ3n) is 2.84. The van der Waals surface area contributed by atoms with Crippen LogP contribution < -0.4 is 10.2 Å². The van der Waals surface area contributed by atoms with Crippen LogP contribution in [0.25, 0.3) is 0 Å². The lowest BCUT2D eigenvalue weighted by atomic mass is 10.1. The fourth-order valence-electron chi connectivity index (χ4n) is 1.63. The van der Waals surface area contributed by atoms with Gasteiger partial charge in [-0.2, -0.15) is 0 Å². The normalized spacial score (nSPS) is 16.1. The van der Waals surface area contributed by atoms with Crippen LogP contribution in [0.5, 0.6) is 5.75 Å². The maximum Gasteiger partial charge on any atom is 0.346 e. The number of aryl methyl sites for hydroxylation is 1. The number of aliphatic carboxylic acids is 1. The summed E-state index contributed by atoms with van der Waals surface area (Å²) in [5.41, 5.74) is -0.569. The van der Waals surface area contributed by atoms with Crippen molar-refractivity contribution in [2.24, 2.45) is 0 Å². The Labute approximate surface area is 120 Å². The van der Waals surface area contributed by atoms with E-state index < -0.39 is 37.9 Å². The van der Waals surface area contributed by atoms with Crippen molar-refractivity contribution in [1.82, 2.24) is 10.3 Å². The van der Waals surface area contributed by atoms with Gasteiger partial charge in [-0.1, -0.05) is 4.57 Å². The molecule has 9 nitrogen and oxygen atoms in total. The van der Waals surface area contributed by atoms with Gasteiger partial charge in [0.2, 0.25) is 0 Å². The van der Waals surface area contributed by atoms with Crippen LogP contribution in [-0.4, -0.2) is 37.4 Å². The first-order valence-electron chi connectivity index (χ1n) is 5.83. The van der Waals surface area contributed by atoms with Gasteiger partial charge in [0.1, 0.15) is 18.0 Å². The van der Waals surface area contributed by atoms with Gasteiger partial charge in [-0.25, -0.2) is 0 Å². The fraction of sp³-hybridized carbons (Fsp3) is 0.455. The van der Waals surface area contributed by atoms with Crippen LogP contribution in [0, 0.1) is 6.92 Å². The van der Waals surface area contributed by atoms with Gasteiger partial charge in [-0.15, -0.1) is 0 Å². The lowest BCUT2D eigenvalue weighted by Crippen LogP contribution is -2.37. The summed E-state index contributed by atoms with van der Waals surface area (Å²) in [5.74, 6) is -3.76. The summed E-state index contributed by atoms with van der Waals surface area (Å²) in [6.45, 7) is 2.65. The number of nitrogens with one attached hydrogen (secondary N) is 1. The van der Waals surface area contributed by atoms with Crippen molar-refractivity contribution < 1.29 is 34.7 Å².